The molecule has 5 nitrogen and oxygen atoms in total. The van der Waals surface area contributed by atoms with Gasteiger partial charge in [0.15, 0.2) is 0 Å². The molecular formula is C16H11F2N3O2. The van der Waals surface area contributed by atoms with Gasteiger partial charge in [-0.15, -0.1) is 5.10 Å². The molecule has 0 N–H and O–H groups in total. The fourth-order valence-corrected chi connectivity index (χ4v) is 2.70. The summed E-state index contributed by atoms with van der Waals surface area (Å²) < 4.78 is 34.8. The Balaban J connectivity index is 1.83. The number of benzene rings is 2. The quantitative estimate of drug-likeness (QED) is 0.729. The Hall–Kier alpha value is -2.96. The second kappa shape index (κ2) is 5.05. The summed E-state index contributed by atoms with van der Waals surface area (Å²) in [6.07, 6.45) is 0. The average Bonchev–Trinajstić information content (AvgIpc) is 3.08. The van der Waals surface area contributed by atoms with Crippen molar-refractivity contribution in [2.75, 3.05) is 6.61 Å². The van der Waals surface area contributed by atoms with E-state index in [0.717, 1.165) is 6.07 Å². The lowest BCUT2D eigenvalue weighted by atomic mass is 10.1. The zero-order valence-electron chi connectivity index (χ0n) is 11.8. The van der Waals surface area contributed by atoms with E-state index < -0.39 is 23.4 Å². The fourth-order valence-electron chi connectivity index (χ4n) is 2.70. The monoisotopic (exact) mass is 315 g/mol. The van der Waals surface area contributed by atoms with Gasteiger partial charge in [-0.1, -0.05) is 18.2 Å². The van der Waals surface area contributed by atoms with Crippen molar-refractivity contribution in [1.82, 2.24) is 14.3 Å². The van der Waals surface area contributed by atoms with Crippen LogP contribution in [0.15, 0.2) is 53.3 Å². The highest BCUT2D eigenvalue weighted by atomic mass is 19.1. The molecule has 0 saturated heterocycles. The summed E-state index contributed by atoms with van der Waals surface area (Å²) in [7, 11) is 0. The molecule has 4 rings (SSSR count). The first kappa shape index (κ1) is 13.7. The third-order valence-corrected chi connectivity index (χ3v) is 3.73. The van der Waals surface area contributed by atoms with Gasteiger partial charge in [-0.2, -0.15) is 4.68 Å². The van der Waals surface area contributed by atoms with Crippen LogP contribution in [0.4, 0.5) is 8.78 Å². The lowest BCUT2D eigenvalue weighted by molar-refractivity contribution is 0.324. The number of hydrogen-bond acceptors (Lipinski definition) is 3. The van der Waals surface area contributed by atoms with Crippen molar-refractivity contribution in [1.29, 1.82) is 0 Å². The number of para-hydroxylation sites is 1. The van der Waals surface area contributed by atoms with Crippen LogP contribution in [0.3, 0.4) is 0 Å². The first-order valence-corrected chi connectivity index (χ1v) is 6.99. The SMILES string of the molecule is O=c1n(-c2ccccc2)nc2n1C(c1cc(F)cc(F)c1)CO2. The van der Waals surface area contributed by atoms with Crippen LogP contribution in [0.5, 0.6) is 6.01 Å². The Bertz CT molecular complexity index is 914. The van der Waals surface area contributed by atoms with Crippen LogP contribution in [0.1, 0.15) is 11.6 Å². The molecule has 0 fully saturated rings. The van der Waals surface area contributed by atoms with Crippen molar-refractivity contribution >= 4 is 0 Å². The summed E-state index contributed by atoms with van der Waals surface area (Å²) >= 11 is 0. The second-order valence-electron chi connectivity index (χ2n) is 5.21. The third kappa shape index (κ3) is 2.21. The average molecular weight is 315 g/mol. The van der Waals surface area contributed by atoms with E-state index >= 15 is 0 Å². The first-order valence-electron chi connectivity index (χ1n) is 6.99. The maximum Gasteiger partial charge on any atom is 0.354 e. The highest BCUT2D eigenvalue weighted by Crippen LogP contribution is 2.29. The highest BCUT2D eigenvalue weighted by Gasteiger charge is 2.31. The molecule has 0 radical (unpaired) electrons. The molecule has 1 atom stereocenters. The maximum absolute atomic E-state index is 13.4. The van der Waals surface area contributed by atoms with Crippen LogP contribution in [-0.2, 0) is 0 Å². The molecule has 1 aliphatic heterocycles. The number of ether oxygens (including phenoxy) is 1. The lowest BCUT2D eigenvalue weighted by Gasteiger charge is -2.10. The molecular weight excluding hydrogens is 304 g/mol. The highest BCUT2D eigenvalue weighted by molar-refractivity contribution is 5.31. The van der Waals surface area contributed by atoms with Gasteiger partial charge in [-0.25, -0.2) is 18.1 Å². The minimum absolute atomic E-state index is 0.107. The summed E-state index contributed by atoms with van der Waals surface area (Å²) in [4.78, 5) is 12.6. The molecule has 1 unspecified atom stereocenters. The van der Waals surface area contributed by atoms with Gasteiger partial charge >= 0.3 is 11.7 Å². The summed E-state index contributed by atoms with van der Waals surface area (Å²) in [5, 5.41) is 4.14. The van der Waals surface area contributed by atoms with E-state index in [1.807, 2.05) is 6.07 Å². The summed E-state index contributed by atoms with van der Waals surface area (Å²) in [6, 6.07) is 11.6. The second-order valence-corrected chi connectivity index (χ2v) is 5.21. The Labute approximate surface area is 129 Å². The number of fused-ring (bicyclic) bond motifs is 1. The molecule has 7 heteroatoms. The molecule has 23 heavy (non-hydrogen) atoms. The zero-order valence-corrected chi connectivity index (χ0v) is 11.8. The summed E-state index contributed by atoms with van der Waals surface area (Å²) in [6.45, 7) is 0.107. The van der Waals surface area contributed by atoms with Gasteiger partial charge in [0.1, 0.15) is 24.3 Å². The maximum atomic E-state index is 13.4. The molecule has 2 heterocycles. The van der Waals surface area contributed by atoms with Crippen molar-refractivity contribution < 1.29 is 13.5 Å². The van der Waals surface area contributed by atoms with E-state index in [1.54, 1.807) is 24.3 Å². The predicted octanol–water partition coefficient (Wildman–Crippen LogP) is 2.29. The van der Waals surface area contributed by atoms with Gasteiger partial charge in [0.2, 0.25) is 0 Å². The lowest BCUT2D eigenvalue weighted by Crippen LogP contribution is -2.27. The van der Waals surface area contributed by atoms with Crippen molar-refractivity contribution in [2.45, 2.75) is 6.04 Å². The predicted molar refractivity (Wildman–Crippen MR) is 77.8 cm³/mol. The van der Waals surface area contributed by atoms with Crippen molar-refractivity contribution in [3.63, 3.8) is 0 Å². The van der Waals surface area contributed by atoms with Crippen molar-refractivity contribution in [2.24, 2.45) is 0 Å². The van der Waals surface area contributed by atoms with Crippen LogP contribution in [0.25, 0.3) is 5.69 Å². The van der Waals surface area contributed by atoms with Gasteiger partial charge < -0.3 is 4.74 Å². The molecule has 1 aliphatic rings. The fraction of sp³-hybridized carbons (Fsp3) is 0.125. The Morgan fingerprint density at radius 2 is 1.78 bits per heavy atom. The van der Waals surface area contributed by atoms with E-state index in [4.69, 9.17) is 4.74 Å². The topological polar surface area (TPSA) is 49.0 Å². The minimum Gasteiger partial charge on any atom is -0.461 e. The van der Waals surface area contributed by atoms with E-state index in [0.29, 0.717) is 11.3 Å². The Morgan fingerprint density at radius 3 is 2.48 bits per heavy atom. The molecule has 0 bridgehead atoms. The normalized spacial score (nSPS) is 16.2. The van der Waals surface area contributed by atoms with Crippen LogP contribution in [-0.4, -0.2) is 21.0 Å². The number of aromatic nitrogens is 3. The zero-order chi connectivity index (χ0) is 16.0. The van der Waals surface area contributed by atoms with Gasteiger partial charge in [0.05, 0.1) is 5.69 Å². The van der Waals surface area contributed by atoms with Crippen LogP contribution in [0, 0.1) is 11.6 Å². The molecule has 3 aromatic rings. The third-order valence-electron chi connectivity index (χ3n) is 3.73. The Kier molecular flexibility index (Phi) is 3.00. The van der Waals surface area contributed by atoms with Gasteiger partial charge in [0.25, 0.3) is 0 Å². The van der Waals surface area contributed by atoms with Crippen molar-refractivity contribution in [3.05, 3.63) is 76.2 Å². The number of halogens is 2. The number of rotatable bonds is 2. The number of nitrogens with zero attached hydrogens (tertiary/aromatic N) is 3. The largest absolute Gasteiger partial charge is 0.461 e. The van der Waals surface area contributed by atoms with Crippen molar-refractivity contribution in [3.8, 4) is 11.7 Å². The summed E-state index contributed by atoms with van der Waals surface area (Å²) in [5.41, 5.74) is 0.501. The van der Waals surface area contributed by atoms with Gasteiger partial charge in [-0.3, -0.25) is 0 Å². The van der Waals surface area contributed by atoms with Gasteiger partial charge in [-0.05, 0) is 29.8 Å². The molecule has 0 amide bonds. The van der Waals surface area contributed by atoms with E-state index in [9.17, 15) is 13.6 Å². The van der Waals surface area contributed by atoms with Crippen LogP contribution < -0.4 is 10.4 Å². The molecule has 0 aliphatic carbocycles. The van der Waals surface area contributed by atoms with Crippen LogP contribution in [0.2, 0.25) is 0 Å². The molecule has 1 aromatic heterocycles. The Morgan fingerprint density at radius 1 is 1.09 bits per heavy atom. The van der Waals surface area contributed by atoms with Crippen LogP contribution >= 0.6 is 0 Å². The molecule has 116 valence electrons. The van der Waals surface area contributed by atoms with Gasteiger partial charge in [0, 0.05) is 6.07 Å². The first-order chi connectivity index (χ1) is 11.1. The van der Waals surface area contributed by atoms with E-state index in [-0.39, 0.29) is 12.6 Å². The standard InChI is InChI=1S/C16H11F2N3O2/c17-11-6-10(7-12(18)8-11)14-9-23-15-19-21(16(22)20(14)15)13-4-2-1-3-5-13/h1-8,14H,9H2. The van der Waals surface area contributed by atoms with E-state index in [2.05, 4.69) is 5.10 Å². The minimum atomic E-state index is -0.697. The summed E-state index contributed by atoms with van der Waals surface area (Å²) in [5.74, 6) is -1.39. The molecule has 0 saturated carbocycles. The number of hydrogen-bond donors (Lipinski definition) is 0. The molecule has 0 spiro atoms. The molecule has 2 aromatic carbocycles. The smallest absolute Gasteiger partial charge is 0.354 e. The van der Waals surface area contributed by atoms with E-state index in [1.165, 1.54) is 21.4 Å².